The van der Waals surface area contributed by atoms with Crippen LogP contribution in [0.25, 0.3) is 10.2 Å². The summed E-state index contributed by atoms with van der Waals surface area (Å²) in [5, 5.41) is 1.26. The van der Waals surface area contributed by atoms with Crippen molar-refractivity contribution in [3.05, 3.63) is 46.5 Å². The van der Waals surface area contributed by atoms with Gasteiger partial charge in [0.1, 0.15) is 0 Å². The van der Waals surface area contributed by atoms with Gasteiger partial charge in [-0.25, -0.2) is 4.98 Å². The van der Waals surface area contributed by atoms with Gasteiger partial charge in [-0.15, -0.1) is 0 Å². The number of fused-ring (bicyclic) bond motifs is 1. The Balaban J connectivity index is 1.68. The maximum absolute atomic E-state index is 13.8. The van der Waals surface area contributed by atoms with Crippen LogP contribution in [0.1, 0.15) is 22.3 Å². The summed E-state index contributed by atoms with van der Waals surface area (Å²) < 4.78 is 17.3. The van der Waals surface area contributed by atoms with E-state index in [4.69, 9.17) is 30.8 Å². The molecule has 7 nitrogen and oxygen atoms in total. The Morgan fingerprint density at radius 1 is 1.21 bits per heavy atom. The number of aryl methyl sites for hydroxylation is 1. The van der Waals surface area contributed by atoms with Crippen LogP contribution in [0.5, 0.6) is 11.5 Å². The van der Waals surface area contributed by atoms with Crippen LogP contribution in [-0.4, -0.2) is 69.4 Å². The van der Waals surface area contributed by atoms with Gasteiger partial charge in [-0.05, 0) is 37.1 Å². The molecule has 176 valence electrons. The minimum atomic E-state index is -0.180. The molecule has 0 spiro atoms. The first-order valence-corrected chi connectivity index (χ1v) is 12.1. The SMILES string of the molecule is COc1cccc(C(=O)N(CCCN2CCOCC2)c2nc3c(C)ccc(Cl)c3s2)c1OC. The number of carbonyl (C=O) groups is 1. The Morgan fingerprint density at radius 3 is 2.70 bits per heavy atom. The number of nitrogens with zero attached hydrogens (tertiary/aromatic N) is 3. The van der Waals surface area contributed by atoms with Crippen molar-refractivity contribution in [3.8, 4) is 11.5 Å². The molecule has 0 saturated carbocycles. The number of hydrogen-bond donors (Lipinski definition) is 0. The number of benzene rings is 2. The summed E-state index contributed by atoms with van der Waals surface area (Å²) in [6, 6.07) is 9.14. The lowest BCUT2D eigenvalue weighted by molar-refractivity contribution is 0.0376. The summed E-state index contributed by atoms with van der Waals surface area (Å²) in [5.41, 5.74) is 2.29. The van der Waals surface area contributed by atoms with Gasteiger partial charge in [-0.1, -0.05) is 35.1 Å². The number of thiazole rings is 1. The molecule has 2 heterocycles. The summed E-state index contributed by atoms with van der Waals surface area (Å²) in [5.74, 6) is 0.749. The lowest BCUT2D eigenvalue weighted by Gasteiger charge is -2.28. The molecule has 0 radical (unpaired) electrons. The highest BCUT2D eigenvalue weighted by Gasteiger charge is 2.26. The molecule has 0 aliphatic carbocycles. The first-order chi connectivity index (χ1) is 16.0. The minimum Gasteiger partial charge on any atom is -0.493 e. The maximum Gasteiger partial charge on any atom is 0.263 e. The Kier molecular flexibility index (Phi) is 7.70. The molecule has 1 aliphatic rings. The monoisotopic (exact) mass is 489 g/mol. The van der Waals surface area contributed by atoms with E-state index in [9.17, 15) is 4.79 Å². The molecule has 1 saturated heterocycles. The second-order valence-corrected chi connectivity index (χ2v) is 9.23. The molecule has 1 aliphatic heterocycles. The highest BCUT2D eigenvalue weighted by atomic mass is 35.5. The van der Waals surface area contributed by atoms with E-state index in [-0.39, 0.29) is 5.91 Å². The first-order valence-electron chi connectivity index (χ1n) is 10.9. The molecule has 2 aromatic carbocycles. The first kappa shape index (κ1) is 23.8. The Morgan fingerprint density at radius 2 is 2.00 bits per heavy atom. The number of amides is 1. The molecule has 1 amide bonds. The average molecular weight is 490 g/mol. The average Bonchev–Trinajstić information content (AvgIpc) is 3.30. The third kappa shape index (κ3) is 5.09. The molecular weight excluding hydrogens is 462 g/mol. The van der Waals surface area contributed by atoms with Crippen LogP contribution in [0.2, 0.25) is 5.02 Å². The third-order valence-electron chi connectivity index (χ3n) is 5.76. The van der Waals surface area contributed by atoms with Crippen molar-refractivity contribution in [2.24, 2.45) is 0 Å². The van der Waals surface area contributed by atoms with E-state index in [1.807, 2.05) is 19.1 Å². The summed E-state index contributed by atoms with van der Waals surface area (Å²) in [6.45, 7) is 6.72. The predicted molar refractivity (Wildman–Crippen MR) is 132 cm³/mol. The van der Waals surface area contributed by atoms with Crippen LogP contribution < -0.4 is 14.4 Å². The van der Waals surface area contributed by atoms with E-state index >= 15 is 0 Å². The Labute approximate surface area is 202 Å². The number of rotatable bonds is 8. The van der Waals surface area contributed by atoms with Crippen molar-refractivity contribution in [3.63, 3.8) is 0 Å². The molecule has 0 unspecified atom stereocenters. The van der Waals surface area contributed by atoms with Gasteiger partial charge < -0.3 is 14.2 Å². The van der Waals surface area contributed by atoms with Crippen molar-refractivity contribution in [2.45, 2.75) is 13.3 Å². The number of carbonyl (C=O) groups excluding carboxylic acids is 1. The minimum absolute atomic E-state index is 0.180. The summed E-state index contributed by atoms with van der Waals surface area (Å²) in [4.78, 5) is 22.7. The number of hydrogen-bond acceptors (Lipinski definition) is 7. The van der Waals surface area contributed by atoms with Gasteiger partial charge in [0.05, 0.1) is 48.2 Å². The van der Waals surface area contributed by atoms with Crippen LogP contribution in [0.15, 0.2) is 30.3 Å². The Hall–Kier alpha value is -2.39. The third-order valence-corrected chi connectivity index (χ3v) is 7.29. The van der Waals surface area contributed by atoms with E-state index in [0.717, 1.165) is 55.0 Å². The number of anilines is 1. The molecule has 9 heteroatoms. The van der Waals surface area contributed by atoms with Gasteiger partial charge in [0, 0.05) is 26.2 Å². The fraction of sp³-hybridized carbons (Fsp3) is 0.417. The second kappa shape index (κ2) is 10.7. The van der Waals surface area contributed by atoms with Gasteiger partial charge in [0.25, 0.3) is 5.91 Å². The van der Waals surface area contributed by atoms with Gasteiger partial charge in [-0.2, -0.15) is 0 Å². The number of ether oxygens (including phenoxy) is 3. The standard InChI is InChI=1S/C24H28ClN3O4S/c1-16-8-9-18(25)22-20(16)26-24(33-22)28(11-5-10-27-12-14-32-15-13-27)23(29)17-6-4-7-19(30-2)21(17)31-3/h4,6-9H,5,10-15H2,1-3H3. The van der Waals surface area contributed by atoms with Gasteiger partial charge in [-0.3, -0.25) is 14.6 Å². The van der Waals surface area contributed by atoms with E-state index in [2.05, 4.69) is 4.90 Å². The van der Waals surface area contributed by atoms with Gasteiger partial charge in [0.15, 0.2) is 16.6 Å². The quantitative estimate of drug-likeness (QED) is 0.459. The van der Waals surface area contributed by atoms with E-state index in [1.165, 1.54) is 18.4 Å². The van der Waals surface area contributed by atoms with Crippen molar-refractivity contribution < 1.29 is 19.0 Å². The molecule has 1 aromatic heterocycles. The fourth-order valence-corrected chi connectivity index (χ4v) is 5.31. The lowest BCUT2D eigenvalue weighted by Crippen LogP contribution is -2.39. The molecule has 1 fully saturated rings. The highest BCUT2D eigenvalue weighted by Crippen LogP contribution is 2.38. The molecule has 4 rings (SSSR count). The topological polar surface area (TPSA) is 64.1 Å². The summed E-state index contributed by atoms with van der Waals surface area (Å²) in [6.07, 6.45) is 0.806. The van der Waals surface area contributed by atoms with Crippen molar-refractivity contribution >= 4 is 44.2 Å². The van der Waals surface area contributed by atoms with Crippen LogP contribution in [0.4, 0.5) is 5.13 Å². The molecule has 33 heavy (non-hydrogen) atoms. The molecule has 0 bridgehead atoms. The van der Waals surface area contributed by atoms with Crippen LogP contribution in [0, 0.1) is 6.92 Å². The maximum atomic E-state index is 13.8. The molecule has 3 aromatic rings. The fourth-order valence-electron chi connectivity index (χ4n) is 3.97. The number of morpholine rings is 1. The highest BCUT2D eigenvalue weighted by molar-refractivity contribution is 7.23. The van der Waals surface area contributed by atoms with Crippen molar-refractivity contribution in [2.75, 3.05) is 58.5 Å². The molecular formula is C24H28ClN3O4S. The van der Waals surface area contributed by atoms with Crippen molar-refractivity contribution in [1.82, 2.24) is 9.88 Å². The zero-order valence-corrected chi connectivity index (χ0v) is 20.7. The molecule has 0 atom stereocenters. The van der Waals surface area contributed by atoms with E-state index in [0.29, 0.717) is 33.8 Å². The normalized spacial score (nSPS) is 14.4. The molecule has 0 N–H and O–H groups in total. The van der Waals surface area contributed by atoms with E-state index < -0.39 is 0 Å². The smallest absolute Gasteiger partial charge is 0.263 e. The van der Waals surface area contributed by atoms with Gasteiger partial charge in [0.2, 0.25) is 0 Å². The van der Waals surface area contributed by atoms with Crippen LogP contribution in [0.3, 0.4) is 0 Å². The largest absolute Gasteiger partial charge is 0.493 e. The van der Waals surface area contributed by atoms with Crippen LogP contribution in [-0.2, 0) is 4.74 Å². The number of para-hydroxylation sites is 1. The summed E-state index contributed by atoms with van der Waals surface area (Å²) in [7, 11) is 3.10. The van der Waals surface area contributed by atoms with Gasteiger partial charge >= 0.3 is 0 Å². The lowest BCUT2D eigenvalue weighted by atomic mass is 10.1. The predicted octanol–water partition coefficient (Wildman–Crippen LogP) is 4.64. The second-order valence-electron chi connectivity index (χ2n) is 7.84. The van der Waals surface area contributed by atoms with Crippen molar-refractivity contribution in [1.29, 1.82) is 0 Å². The number of halogens is 1. The zero-order chi connectivity index (χ0) is 23.4. The summed E-state index contributed by atoms with van der Waals surface area (Å²) >= 11 is 7.88. The number of aromatic nitrogens is 1. The Bertz CT molecular complexity index is 1090. The number of methoxy groups -OCH3 is 2. The van der Waals surface area contributed by atoms with E-state index in [1.54, 1.807) is 30.2 Å². The zero-order valence-electron chi connectivity index (χ0n) is 19.1. The van der Waals surface area contributed by atoms with Crippen LogP contribution >= 0.6 is 22.9 Å².